The van der Waals surface area contributed by atoms with Crippen molar-refractivity contribution in [3.63, 3.8) is 0 Å². The van der Waals surface area contributed by atoms with E-state index in [0.29, 0.717) is 17.4 Å². The molecule has 8 nitrogen and oxygen atoms in total. The van der Waals surface area contributed by atoms with Crippen molar-refractivity contribution in [1.82, 2.24) is 9.47 Å². The molecule has 4 rings (SSSR count). The number of carbonyl (C=O) groups is 2. The lowest BCUT2D eigenvalue weighted by Gasteiger charge is -2.18. The van der Waals surface area contributed by atoms with Gasteiger partial charge in [0, 0.05) is 42.7 Å². The van der Waals surface area contributed by atoms with Gasteiger partial charge in [-0.25, -0.2) is 9.59 Å². The molecule has 3 N–H and O–H groups in total. The van der Waals surface area contributed by atoms with Crippen LogP contribution in [0.3, 0.4) is 0 Å². The smallest absolute Gasteiger partial charge is 0.331 e. The average molecular weight is 532 g/mol. The Labute approximate surface area is 214 Å². The zero-order chi connectivity index (χ0) is 26.9. The number of carbonyl (C=O) groups excluding carboxylic acids is 2. The molecule has 1 aromatic heterocycles. The third-order valence-corrected chi connectivity index (χ3v) is 5.77. The van der Waals surface area contributed by atoms with Gasteiger partial charge in [0.2, 0.25) is 0 Å². The second-order valence-electron chi connectivity index (χ2n) is 8.23. The topological polar surface area (TPSA) is 89.8 Å². The number of fused-ring (bicyclic) bond motifs is 1. The Balaban J connectivity index is 1.48. The molecule has 0 fully saturated rings. The molecule has 0 bridgehead atoms. The fourth-order valence-corrected chi connectivity index (χ4v) is 3.77. The quantitative estimate of drug-likeness (QED) is 0.199. The molecule has 0 unspecified atom stereocenters. The number of anilines is 3. The first kappa shape index (κ1) is 25.9. The molecule has 0 aliphatic rings. The molecule has 12 heteroatoms. The Morgan fingerprint density at radius 1 is 0.892 bits per heavy atom. The van der Waals surface area contributed by atoms with Crippen LogP contribution in [0.15, 0.2) is 72.9 Å². The Morgan fingerprint density at radius 3 is 2.19 bits per heavy atom. The van der Waals surface area contributed by atoms with Crippen molar-refractivity contribution in [2.75, 3.05) is 29.8 Å². The third-order valence-electron chi connectivity index (χ3n) is 5.44. The number of hydrogen-bond donors (Lipinski definition) is 3. The van der Waals surface area contributed by atoms with E-state index in [1.165, 1.54) is 4.90 Å². The largest absolute Gasteiger partial charge is 0.417 e. The van der Waals surface area contributed by atoms with E-state index < -0.39 is 28.5 Å². The minimum absolute atomic E-state index is 0.0750. The summed E-state index contributed by atoms with van der Waals surface area (Å²) in [7, 11) is 3.30. The Kier molecular flexibility index (Phi) is 7.01. The van der Waals surface area contributed by atoms with E-state index in [2.05, 4.69) is 10.6 Å². The lowest BCUT2D eigenvalue weighted by atomic mass is 10.2. The molecule has 4 aromatic rings. The van der Waals surface area contributed by atoms with Crippen LogP contribution < -0.4 is 15.7 Å². The summed E-state index contributed by atoms with van der Waals surface area (Å²) in [6, 6.07) is 15.3. The highest BCUT2D eigenvalue weighted by Gasteiger charge is 2.34. The molecular weight excluding hydrogens is 511 g/mol. The summed E-state index contributed by atoms with van der Waals surface area (Å²) in [6.45, 7) is 0. The average Bonchev–Trinajstić information content (AvgIpc) is 3.26. The van der Waals surface area contributed by atoms with Crippen LogP contribution in [0.4, 0.5) is 39.8 Å². The Bertz CT molecular complexity index is 1470. The number of alkyl halides is 3. The van der Waals surface area contributed by atoms with Crippen molar-refractivity contribution in [1.29, 1.82) is 0 Å². The van der Waals surface area contributed by atoms with Crippen molar-refractivity contribution < 1.29 is 28.0 Å². The number of rotatable bonds is 4. The first-order valence-electron chi connectivity index (χ1n) is 10.8. The summed E-state index contributed by atoms with van der Waals surface area (Å²) in [4.78, 5) is 25.7. The molecule has 1 heterocycles. The maximum Gasteiger partial charge on any atom is 0.417 e. The summed E-state index contributed by atoms with van der Waals surface area (Å²) in [6.07, 6.45) is -2.89. The molecule has 3 aromatic carbocycles. The molecule has 0 spiro atoms. The molecule has 0 radical (unpaired) electrons. The van der Waals surface area contributed by atoms with Gasteiger partial charge >= 0.3 is 18.2 Å². The summed E-state index contributed by atoms with van der Waals surface area (Å²) < 4.78 is 41.2. The molecule has 4 amide bonds. The van der Waals surface area contributed by atoms with Crippen molar-refractivity contribution in [2.45, 2.75) is 6.18 Å². The molecule has 37 heavy (non-hydrogen) atoms. The molecule has 0 aliphatic heterocycles. The summed E-state index contributed by atoms with van der Waals surface area (Å²) in [5.41, 5.74) is 1.04. The second-order valence-corrected chi connectivity index (χ2v) is 8.64. The Hall–Kier alpha value is -4.22. The summed E-state index contributed by atoms with van der Waals surface area (Å²) >= 11 is 5.59. The van der Waals surface area contributed by atoms with Gasteiger partial charge in [-0.15, -0.1) is 0 Å². The van der Waals surface area contributed by atoms with Crippen LogP contribution in [0.2, 0.25) is 5.02 Å². The predicted molar refractivity (Wildman–Crippen MR) is 136 cm³/mol. The van der Waals surface area contributed by atoms with E-state index in [1.54, 1.807) is 44.4 Å². The van der Waals surface area contributed by atoms with Crippen LogP contribution in [0.25, 0.3) is 16.6 Å². The van der Waals surface area contributed by atoms with E-state index in [1.807, 2.05) is 29.0 Å². The SMILES string of the molecule is CN(C)C(=O)Nc1ccc2c(ccn2-c2ccc(NC(=O)N(O)c3ccc(Cl)c(C(F)(F)F)c3)cc2)c1. The highest BCUT2D eigenvalue weighted by atomic mass is 35.5. The van der Waals surface area contributed by atoms with E-state index in [9.17, 15) is 28.0 Å². The first-order chi connectivity index (χ1) is 17.4. The number of hydroxylamine groups is 1. The second kappa shape index (κ2) is 10.0. The van der Waals surface area contributed by atoms with Crippen LogP contribution in [-0.2, 0) is 6.18 Å². The van der Waals surface area contributed by atoms with Gasteiger partial charge in [0.15, 0.2) is 0 Å². The van der Waals surface area contributed by atoms with Crippen LogP contribution >= 0.6 is 11.6 Å². The maximum atomic E-state index is 13.1. The summed E-state index contributed by atoms with van der Waals surface area (Å²) in [5.74, 6) is 0. The number of hydrogen-bond acceptors (Lipinski definition) is 3. The fraction of sp³-hybridized carbons (Fsp3) is 0.120. The predicted octanol–water partition coefficient (Wildman–Crippen LogP) is 6.82. The lowest BCUT2D eigenvalue weighted by molar-refractivity contribution is -0.137. The van der Waals surface area contributed by atoms with Gasteiger partial charge in [-0.3, -0.25) is 5.21 Å². The standard InChI is InChI=1S/C25H21ClF3N5O3/c1-32(2)23(35)31-17-5-10-22-15(13-17)11-12-33(22)18-6-3-16(4-7-18)30-24(36)34(37)19-8-9-21(26)20(14-19)25(27,28)29/h3-14,37H,1-2H3,(H,30,36)(H,31,35). The van der Waals surface area contributed by atoms with Crippen LogP contribution in [0.5, 0.6) is 0 Å². The van der Waals surface area contributed by atoms with Gasteiger partial charge in [0.25, 0.3) is 0 Å². The minimum atomic E-state index is -4.75. The number of amides is 4. The van der Waals surface area contributed by atoms with Crippen LogP contribution in [0.1, 0.15) is 5.56 Å². The minimum Gasteiger partial charge on any atom is -0.331 e. The normalized spacial score (nSPS) is 11.3. The number of benzene rings is 3. The summed E-state index contributed by atoms with van der Waals surface area (Å²) in [5, 5.41) is 15.8. The number of nitrogens with zero attached hydrogens (tertiary/aromatic N) is 3. The third kappa shape index (κ3) is 5.63. The van der Waals surface area contributed by atoms with Gasteiger partial charge in [-0.2, -0.15) is 18.2 Å². The van der Waals surface area contributed by atoms with Gasteiger partial charge in [-0.1, -0.05) is 11.6 Å². The van der Waals surface area contributed by atoms with Gasteiger partial charge in [0.1, 0.15) is 0 Å². The highest BCUT2D eigenvalue weighted by Crippen LogP contribution is 2.37. The molecule has 0 saturated heterocycles. The van der Waals surface area contributed by atoms with Crippen LogP contribution in [0, 0.1) is 0 Å². The zero-order valence-electron chi connectivity index (χ0n) is 19.5. The van der Waals surface area contributed by atoms with E-state index in [4.69, 9.17) is 11.6 Å². The number of nitrogens with one attached hydrogen (secondary N) is 2. The van der Waals surface area contributed by atoms with Crippen molar-refractivity contribution in [3.8, 4) is 5.69 Å². The molecular formula is C25H21ClF3N5O3. The zero-order valence-corrected chi connectivity index (χ0v) is 20.3. The van der Waals surface area contributed by atoms with Crippen molar-refractivity contribution in [2.24, 2.45) is 0 Å². The van der Waals surface area contributed by atoms with E-state index in [-0.39, 0.29) is 11.1 Å². The number of urea groups is 2. The van der Waals surface area contributed by atoms with Crippen LogP contribution in [-0.4, -0.2) is 40.8 Å². The molecule has 192 valence electrons. The monoisotopic (exact) mass is 531 g/mol. The number of halogens is 4. The maximum absolute atomic E-state index is 13.1. The van der Waals surface area contributed by atoms with Crippen molar-refractivity contribution >= 4 is 51.6 Å². The number of aromatic nitrogens is 1. The highest BCUT2D eigenvalue weighted by molar-refractivity contribution is 6.31. The van der Waals surface area contributed by atoms with Crippen molar-refractivity contribution in [3.05, 3.63) is 83.5 Å². The lowest BCUT2D eigenvalue weighted by Crippen LogP contribution is -2.32. The van der Waals surface area contributed by atoms with Gasteiger partial charge in [0.05, 0.1) is 21.8 Å². The van der Waals surface area contributed by atoms with E-state index >= 15 is 0 Å². The fourth-order valence-electron chi connectivity index (χ4n) is 3.54. The van der Waals surface area contributed by atoms with Gasteiger partial charge in [-0.05, 0) is 66.7 Å². The first-order valence-corrected chi connectivity index (χ1v) is 11.2. The molecule has 0 saturated carbocycles. The van der Waals surface area contributed by atoms with E-state index in [0.717, 1.165) is 28.7 Å². The van der Waals surface area contributed by atoms with Gasteiger partial charge < -0.3 is 20.1 Å². The molecule has 0 aliphatic carbocycles. The molecule has 0 atom stereocenters. The Morgan fingerprint density at radius 2 is 1.54 bits per heavy atom.